The summed E-state index contributed by atoms with van der Waals surface area (Å²) in [7, 11) is 0. The van der Waals surface area contributed by atoms with Gasteiger partial charge in [0.2, 0.25) is 0 Å². The van der Waals surface area contributed by atoms with Crippen LogP contribution in [-0.4, -0.2) is 13.1 Å². The molecule has 32 heavy (non-hydrogen) atoms. The molecule has 1 aliphatic carbocycles. The average molecular weight is 467 g/mol. The Labute approximate surface area is 202 Å². The van der Waals surface area contributed by atoms with Gasteiger partial charge in [-0.05, 0) is 74.9 Å². The first-order chi connectivity index (χ1) is 15.1. The monoisotopic (exact) mass is 466 g/mol. The van der Waals surface area contributed by atoms with Crippen molar-refractivity contribution in [3.63, 3.8) is 0 Å². The molecule has 2 aliphatic rings. The van der Waals surface area contributed by atoms with Crippen LogP contribution in [0.5, 0.6) is 0 Å². The van der Waals surface area contributed by atoms with Gasteiger partial charge in [-0.3, -0.25) is 0 Å². The summed E-state index contributed by atoms with van der Waals surface area (Å²) >= 11 is 14.6. The van der Waals surface area contributed by atoms with Gasteiger partial charge in [-0.2, -0.15) is 0 Å². The van der Waals surface area contributed by atoms with Crippen molar-refractivity contribution in [2.45, 2.75) is 51.8 Å². The number of alkyl halides is 2. The predicted octanol–water partition coefficient (Wildman–Crippen LogP) is 6.85. The summed E-state index contributed by atoms with van der Waals surface area (Å²) in [6, 6.07) is 8.83. The zero-order valence-corrected chi connectivity index (χ0v) is 21.3. The van der Waals surface area contributed by atoms with Crippen LogP contribution < -0.4 is 10.6 Å². The zero-order chi connectivity index (χ0) is 23.2. The topological polar surface area (TPSA) is 24.1 Å². The summed E-state index contributed by atoms with van der Waals surface area (Å²) in [6.07, 6.45) is 6.45. The molecule has 4 heteroatoms. The standard InChI is InChI=1S/C28H32Cl2N2/c1-16-12-18(3)24(19(4)13-16)22-8-7-9-23(25(22)27-31-10-11-32-27)28(29,30)26-20(5)14-17(2)15-21(26)6/h7-9,12-15,22,31-32H,10-11H2,1-6H3. The molecule has 2 nitrogen and oxygen atoms in total. The molecule has 1 unspecified atom stereocenters. The van der Waals surface area contributed by atoms with Crippen molar-refractivity contribution in [2.75, 3.05) is 13.1 Å². The lowest BCUT2D eigenvalue weighted by molar-refractivity contribution is 0.816. The molecule has 0 saturated carbocycles. The second kappa shape index (κ2) is 8.65. The van der Waals surface area contributed by atoms with Crippen LogP contribution in [0.4, 0.5) is 0 Å². The molecule has 2 N–H and O–H groups in total. The Balaban J connectivity index is 1.93. The van der Waals surface area contributed by atoms with E-state index in [0.717, 1.165) is 46.7 Å². The fourth-order valence-electron chi connectivity index (χ4n) is 5.54. The van der Waals surface area contributed by atoms with E-state index in [1.807, 2.05) is 0 Å². The van der Waals surface area contributed by atoms with E-state index in [0.29, 0.717) is 0 Å². The molecule has 1 fully saturated rings. The third-order valence-electron chi connectivity index (χ3n) is 6.54. The molecule has 2 aromatic carbocycles. The Morgan fingerprint density at radius 3 is 1.81 bits per heavy atom. The third-order valence-corrected chi connectivity index (χ3v) is 7.33. The second-order valence-corrected chi connectivity index (χ2v) is 10.6. The van der Waals surface area contributed by atoms with Gasteiger partial charge < -0.3 is 10.6 Å². The zero-order valence-electron chi connectivity index (χ0n) is 19.8. The van der Waals surface area contributed by atoms with Crippen molar-refractivity contribution >= 4 is 23.2 Å². The van der Waals surface area contributed by atoms with Gasteiger partial charge in [-0.1, -0.05) is 76.8 Å². The smallest absolute Gasteiger partial charge is 0.169 e. The van der Waals surface area contributed by atoms with Crippen LogP contribution in [0, 0.1) is 41.5 Å². The van der Waals surface area contributed by atoms with Crippen LogP contribution in [-0.2, 0) is 4.33 Å². The highest BCUT2D eigenvalue weighted by Crippen LogP contribution is 2.52. The Morgan fingerprint density at radius 1 is 0.781 bits per heavy atom. The molecule has 0 aromatic heterocycles. The number of aryl methyl sites for hydroxylation is 6. The van der Waals surface area contributed by atoms with Crippen LogP contribution in [0.2, 0.25) is 0 Å². The SMILES string of the molecule is Cc1cc(C)c(C2C=CC=C(C(Cl)(Cl)c3c(C)cc(C)cc3C)C2=C2NCCN2)c(C)c1. The molecule has 4 rings (SSSR count). The van der Waals surface area contributed by atoms with E-state index in [1.165, 1.54) is 27.8 Å². The number of rotatable bonds is 3. The van der Waals surface area contributed by atoms with Crippen LogP contribution in [0.1, 0.15) is 50.4 Å². The first-order valence-electron chi connectivity index (χ1n) is 11.3. The van der Waals surface area contributed by atoms with Crippen LogP contribution in [0.25, 0.3) is 0 Å². The number of allylic oxidation sites excluding steroid dienone is 5. The number of benzene rings is 2. The summed E-state index contributed by atoms with van der Waals surface area (Å²) in [4.78, 5) is 0. The summed E-state index contributed by atoms with van der Waals surface area (Å²) in [5.74, 6) is 1.09. The maximum absolute atomic E-state index is 7.31. The minimum Gasteiger partial charge on any atom is -0.370 e. The predicted molar refractivity (Wildman–Crippen MR) is 138 cm³/mol. The van der Waals surface area contributed by atoms with Crippen molar-refractivity contribution < 1.29 is 0 Å². The quantitative estimate of drug-likeness (QED) is 0.483. The maximum atomic E-state index is 7.31. The van der Waals surface area contributed by atoms with Crippen LogP contribution in [0.3, 0.4) is 0 Å². The van der Waals surface area contributed by atoms with E-state index in [2.05, 4.69) is 94.7 Å². The number of hydrogen-bond donors (Lipinski definition) is 2. The Hall–Kier alpha value is -2.16. The summed E-state index contributed by atoms with van der Waals surface area (Å²) in [5.41, 5.74) is 11.6. The highest BCUT2D eigenvalue weighted by atomic mass is 35.5. The Morgan fingerprint density at radius 2 is 1.28 bits per heavy atom. The molecule has 2 aromatic rings. The van der Waals surface area contributed by atoms with Crippen molar-refractivity contribution in [1.82, 2.24) is 10.6 Å². The van der Waals surface area contributed by atoms with Crippen molar-refractivity contribution in [3.05, 3.63) is 104 Å². The number of halogens is 2. The molecule has 0 spiro atoms. The molecule has 1 heterocycles. The van der Waals surface area contributed by atoms with Gasteiger partial charge in [0.1, 0.15) is 5.82 Å². The summed E-state index contributed by atoms with van der Waals surface area (Å²) in [6.45, 7) is 14.6. The molecule has 0 radical (unpaired) electrons. The highest BCUT2D eigenvalue weighted by Gasteiger charge is 2.41. The average Bonchev–Trinajstić information content (AvgIpc) is 3.20. The molecule has 1 saturated heterocycles. The lowest BCUT2D eigenvalue weighted by Crippen LogP contribution is -2.27. The highest BCUT2D eigenvalue weighted by molar-refractivity contribution is 6.50. The Kier molecular flexibility index (Phi) is 6.22. The first kappa shape index (κ1) is 23.0. The van der Waals surface area contributed by atoms with E-state index in [4.69, 9.17) is 23.2 Å². The fraction of sp³-hybridized carbons (Fsp3) is 0.357. The normalized spacial score (nSPS) is 18.5. The molecule has 0 amide bonds. The molecule has 1 atom stereocenters. The van der Waals surface area contributed by atoms with Crippen molar-refractivity contribution in [1.29, 1.82) is 0 Å². The fourth-order valence-corrected chi connectivity index (χ4v) is 6.47. The van der Waals surface area contributed by atoms with E-state index in [1.54, 1.807) is 0 Å². The molecular weight excluding hydrogens is 435 g/mol. The van der Waals surface area contributed by atoms with Gasteiger partial charge in [0.25, 0.3) is 0 Å². The summed E-state index contributed by atoms with van der Waals surface area (Å²) < 4.78 is -1.17. The van der Waals surface area contributed by atoms with Gasteiger partial charge in [-0.25, -0.2) is 0 Å². The van der Waals surface area contributed by atoms with Crippen molar-refractivity contribution in [3.8, 4) is 0 Å². The van der Waals surface area contributed by atoms with Gasteiger partial charge >= 0.3 is 0 Å². The maximum Gasteiger partial charge on any atom is 0.169 e. The Bertz CT molecular complexity index is 1110. The molecule has 168 valence electrons. The minimum atomic E-state index is -1.17. The van der Waals surface area contributed by atoms with Gasteiger partial charge in [0.15, 0.2) is 4.33 Å². The van der Waals surface area contributed by atoms with E-state index >= 15 is 0 Å². The largest absolute Gasteiger partial charge is 0.370 e. The minimum absolute atomic E-state index is 0.0617. The lowest BCUT2D eigenvalue weighted by atomic mass is 9.76. The van der Waals surface area contributed by atoms with E-state index in [9.17, 15) is 0 Å². The first-order valence-corrected chi connectivity index (χ1v) is 12.0. The number of hydrogen-bond acceptors (Lipinski definition) is 2. The van der Waals surface area contributed by atoms with Gasteiger partial charge in [-0.15, -0.1) is 0 Å². The third kappa shape index (κ3) is 4.00. The summed E-state index contributed by atoms with van der Waals surface area (Å²) in [5, 5.41) is 7.09. The van der Waals surface area contributed by atoms with Crippen LogP contribution >= 0.6 is 23.2 Å². The van der Waals surface area contributed by atoms with Crippen LogP contribution in [0.15, 0.2) is 59.5 Å². The molecule has 0 bridgehead atoms. The van der Waals surface area contributed by atoms with E-state index in [-0.39, 0.29) is 5.92 Å². The van der Waals surface area contributed by atoms with E-state index < -0.39 is 4.33 Å². The van der Waals surface area contributed by atoms with Crippen molar-refractivity contribution in [2.24, 2.45) is 0 Å². The van der Waals surface area contributed by atoms with Gasteiger partial charge in [0, 0.05) is 30.2 Å². The van der Waals surface area contributed by atoms with Gasteiger partial charge in [0.05, 0.1) is 0 Å². The molecular formula is C28H32Cl2N2. The second-order valence-electron chi connectivity index (χ2n) is 9.25. The number of nitrogens with one attached hydrogen (secondary N) is 2. The molecule has 1 aliphatic heterocycles. The lowest BCUT2D eigenvalue weighted by Gasteiger charge is -2.35.